The average molecular weight is 377 g/mol. The Hall–Kier alpha value is -1.18. The van der Waals surface area contributed by atoms with Gasteiger partial charge in [-0.2, -0.15) is 0 Å². The highest BCUT2D eigenvalue weighted by Gasteiger charge is 2.45. The van der Waals surface area contributed by atoms with E-state index in [0.29, 0.717) is 43.5 Å². The molecule has 3 atom stereocenters. The lowest BCUT2D eigenvalue weighted by Crippen LogP contribution is -2.61. The predicted molar refractivity (Wildman–Crippen MR) is 97.8 cm³/mol. The van der Waals surface area contributed by atoms with Gasteiger partial charge in [0.05, 0.1) is 19.8 Å². The second-order valence-corrected chi connectivity index (χ2v) is 9.05. The first-order valence-electron chi connectivity index (χ1n) is 10.7. The number of nitrogens with zero attached hydrogens (tertiary/aromatic N) is 3. The van der Waals surface area contributed by atoms with Crippen molar-refractivity contribution in [2.75, 3.05) is 52.5 Å². The van der Waals surface area contributed by atoms with Gasteiger partial charge in [-0.3, -0.25) is 14.5 Å². The molecule has 7 nitrogen and oxygen atoms in total. The summed E-state index contributed by atoms with van der Waals surface area (Å²) < 4.78 is 11.5. The van der Waals surface area contributed by atoms with E-state index in [4.69, 9.17) is 9.47 Å². The van der Waals surface area contributed by atoms with Crippen LogP contribution in [0.1, 0.15) is 38.5 Å². The molecule has 0 radical (unpaired) electrons. The zero-order chi connectivity index (χ0) is 18.4. The third kappa shape index (κ3) is 3.38. The molecular weight excluding hydrogens is 346 g/mol. The van der Waals surface area contributed by atoms with Crippen LogP contribution >= 0.6 is 0 Å². The number of amides is 2. The summed E-state index contributed by atoms with van der Waals surface area (Å²) in [6.45, 7) is 6.11. The normalized spacial score (nSPS) is 36.1. The van der Waals surface area contributed by atoms with Crippen molar-refractivity contribution >= 4 is 11.8 Å². The van der Waals surface area contributed by atoms with Gasteiger partial charge >= 0.3 is 0 Å². The summed E-state index contributed by atoms with van der Waals surface area (Å²) in [7, 11) is 0. The largest absolute Gasteiger partial charge is 0.347 e. The van der Waals surface area contributed by atoms with E-state index < -0.39 is 5.79 Å². The molecule has 5 rings (SSSR count). The molecule has 0 aromatic heterocycles. The van der Waals surface area contributed by atoms with E-state index >= 15 is 0 Å². The smallest absolute Gasteiger partial charge is 0.236 e. The summed E-state index contributed by atoms with van der Waals surface area (Å²) in [4.78, 5) is 31.6. The number of hydrogen-bond donors (Lipinski definition) is 0. The fraction of sp³-hybridized carbons (Fsp3) is 0.900. The molecule has 0 aliphatic carbocycles. The zero-order valence-electron chi connectivity index (χ0n) is 16.1. The number of hydrogen-bond acceptors (Lipinski definition) is 5. The molecule has 1 spiro atoms. The van der Waals surface area contributed by atoms with Gasteiger partial charge in [-0.15, -0.1) is 0 Å². The van der Waals surface area contributed by atoms with Crippen molar-refractivity contribution in [2.45, 2.75) is 50.4 Å². The first-order chi connectivity index (χ1) is 13.1. The van der Waals surface area contributed by atoms with Crippen molar-refractivity contribution in [3.05, 3.63) is 0 Å². The van der Waals surface area contributed by atoms with Crippen molar-refractivity contribution in [2.24, 2.45) is 11.8 Å². The average Bonchev–Trinajstić information content (AvgIpc) is 3.11. The van der Waals surface area contributed by atoms with E-state index in [1.165, 1.54) is 6.42 Å². The van der Waals surface area contributed by atoms with Crippen LogP contribution in [0.4, 0.5) is 0 Å². The highest BCUT2D eigenvalue weighted by molar-refractivity contribution is 5.78. The number of piperidine rings is 4. The van der Waals surface area contributed by atoms with Crippen LogP contribution in [0, 0.1) is 11.8 Å². The molecule has 27 heavy (non-hydrogen) atoms. The molecule has 2 amide bonds. The van der Waals surface area contributed by atoms with Gasteiger partial charge in [0.2, 0.25) is 11.8 Å². The number of ether oxygens (including phenoxy) is 2. The Morgan fingerprint density at radius 1 is 1.11 bits per heavy atom. The Kier molecular flexibility index (Phi) is 4.64. The molecule has 0 saturated carbocycles. The highest BCUT2D eigenvalue weighted by atomic mass is 16.7. The van der Waals surface area contributed by atoms with Gasteiger partial charge in [0, 0.05) is 58.0 Å². The maximum absolute atomic E-state index is 12.9. The van der Waals surface area contributed by atoms with Crippen LogP contribution in [0.15, 0.2) is 0 Å². The van der Waals surface area contributed by atoms with Crippen LogP contribution in [-0.4, -0.2) is 90.8 Å². The topological polar surface area (TPSA) is 62.3 Å². The van der Waals surface area contributed by atoms with Crippen LogP contribution in [0.5, 0.6) is 0 Å². The first kappa shape index (κ1) is 17.9. The lowest BCUT2D eigenvalue weighted by Gasteiger charge is -2.52. The second kappa shape index (κ2) is 7.01. The molecule has 150 valence electrons. The molecule has 5 heterocycles. The molecule has 2 bridgehead atoms. The minimum atomic E-state index is -0.421. The van der Waals surface area contributed by atoms with Gasteiger partial charge in [-0.25, -0.2) is 0 Å². The van der Waals surface area contributed by atoms with Gasteiger partial charge in [-0.1, -0.05) is 0 Å². The van der Waals surface area contributed by atoms with Crippen LogP contribution in [0.3, 0.4) is 0 Å². The fourth-order valence-electron chi connectivity index (χ4n) is 6.01. The molecule has 5 fully saturated rings. The summed E-state index contributed by atoms with van der Waals surface area (Å²) in [5.74, 6) is 1.23. The molecule has 0 unspecified atom stereocenters. The Morgan fingerprint density at radius 2 is 1.89 bits per heavy atom. The van der Waals surface area contributed by atoms with Crippen molar-refractivity contribution < 1.29 is 19.1 Å². The van der Waals surface area contributed by atoms with E-state index in [-0.39, 0.29) is 5.91 Å². The van der Waals surface area contributed by atoms with Crippen LogP contribution in [0.25, 0.3) is 0 Å². The van der Waals surface area contributed by atoms with Crippen molar-refractivity contribution in [3.63, 3.8) is 0 Å². The molecule has 0 aromatic carbocycles. The van der Waals surface area contributed by atoms with E-state index in [2.05, 4.69) is 9.80 Å². The van der Waals surface area contributed by atoms with Crippen LogP contribution in [-0.2, 0) is 19.1 Å². The van der Waals surface area contributed by atoms with Gasteiger partial charge in [0.1, 0.15) is 0 Å². The summed E-state index contributed by atoms with van der Waals surface area (Å²) >= 11 is 0. The Balaban J connectivity index is 1.16. The van der Waals surface area contributed by atoms with E-state index in [1.807, 2.05) is 4.90 Å². The molecule has 7 heteroatoms. The number of carbonyl (C=O) groups is 2. The molecule has 5 saturated heterocycles. The SMILES string of the molecule is O=C(CN1C[C@H]2C[C@H](C1)[C@H]1CCCC(=O)N1C2)N1CCC2(CC1)OCCO2. The van der Waals surface area contributed by atoms with Gasteiger partial charge in [0.25, 0.3) is 0 Å². The maximum atomic E-state index is 12.9. The number of likely N-dealkylation sites (tertiary alicyclic amines) is 2. The van der Waals surface area contributed by atoms with E-state index in [0.717, 1.165) is 64.8 Å². The molecule has 0 aromatic rings. The monoisotopic (exact) mass is 377 g/mol. The van der Waals surface area contributed by atoms with Gasteiger partial charge in [0.15, 0.2) is 5.79 Å². The maximum Gasteiger partial charge on any atom is 0.236 e. The number of carbonyl (C=O) groups excluding carboxylic acids is 2. The van der Waals surface area contributed by atoms with Gasteiger partial charge in [-0.05, 0) is 31.1 Å². The fourth-order valence-corrected chi connectivity index (χ4v) is 6.01. The summed E-state index contributed by atoms with van der Waals surface area (Å²) in [5.41, 5.74) is 0. The lowest BCUT2D eigenvalue weighted by molar-refractivity contribution is -0.187. The summed E-state index contributed by atoms with van der Waals surface area (Å²) in [6, 6.07) is 0.409. The quantitative estimate of drug-likeness (QED) is 0.708. The lowest BCUT2D eigenvalue weighted by atomic mass is 9.76. The van der Waals surface area contributed by atoms with Crippen molar-refractivity contribution in [1.82, 2.24) is 14.7 Å². The van der Waals surface area contributed by atoms with Crippen molar-refractivity contribution in [3.8, 4) is 0 Å². The van der Waals surface area contributed by atoms with Crippen molar-refractivity contribution in [1.29, 1.82) is 0 Å². The summed E-state index contributed by atoms with van der Waals surface area (Å²) in [5, 5.41) is 0. The summed E-state index contributed by atoms with van der Waals surface area (Å²) in [6.07, 6.45) is 5.67. The Bertz CT molecular complexity index is 596. The third-order valence-corrected chi connectivity index (χ3v) is 7.31. The van der Waals surface area contributed by atoms with E-state index in [1.54, 1.807) is 0 Å². The van der Waals surface area contributed by atoms with Gasteiger partial charge < -0.3 is 19.3 Å². The Morgan fingerprint density at radius 3 is 2.67 bits per heavy atom. The zero-order valence-corrected chi connectivity index (χ0v) is 16.1. The third-order valence-electron chi connectivity index (χ3n) is 7.31. The van der Waals surface area contributed by atoms with E-state index in [9.17, 15) is 9.59 Å². The Labute approximate surface area is 160 Å². The number of rotatable bonds is 2. The second-order valence-electron chi connectivity index (χ2n) is 9.05. The minimum Gasteiger partial charge on any atom is -0.347 e. The highest BCUT2D eigenvalue weighted by Crippen LogP contribution is 2.38. The molecular formula is C20H31N3O4. The predicted octanol–water partition coefficient (Wildman–Crippen LogP) is 0.685. The molecule has 0 N–H and O–H groups in total. The molecule has 5 aliphatic heterocycles. The number of fused-ring (bicyclic) bond motifs is 4. The minimum absolute atomic E-state index is 0.236. The van der Waals surface area contributed by atoms with Crippen LogP contribution in [0.2, 0.25) is 0 Å². The first-order valence-corrected chi connectivity index (χ1v) is 10.7. The standard InChI is InChI=1S/C20H31N3O4/c24-18-3-1-2-17-16-10-15(12-23(17)18)11-21(13-16)14-19(25)22-6-4-20(5-7-22)26-8-9-27-20/h15-17H,1-14H2/t15-,16-,17-/m1/s1. The van der Waals surface area contributed by atoms with Crippen LogP contribution < -0.4 is 0 Å². The molecule has 5 aliphatic rings.